The van der Waals surface area contributed by atoms with E-state index in [0.29, 0.717) is 12.6 Å². The molecule has 1 aliphatic carbocycles. The Balaban J connectivity index is 0.00000208. The van der Waals surface area contributed by atoms with Crippen molar-refractivity contribution in [3.63, 3.8) is 0 Å². The summed E-state index contributed by atoms with van der Waals surface area (Å²) in [5.74, 6) is 1.72. The van der Waals surface area contributed by atoms with E-state index < -0.39 is 0 Å². The van der Waals surface area contributed by atoms with E-state index in [9.17, 15) is 0 Å². The number of thioether (sulfide) groups is 1. The lowest BCUT2D eigenvalue weighted by molar-refractivity contribution is 0.614. The fourth-order valence-corrected chi connectivity index (χ4v) is 3.74. The predicted octanol–water partition coefficient (Wildman–Crippen LogP) is 2.69. The minimum atomic E-state index is 0. The van der Waals surface area contributed by atoms with Gasteiger partial charge in [0.2, 0.25) is 0 Å². The van der Waals surface area contributed by atoms with Gasteiger partial charge in [-0.25, -0.2) is 4.99 Å². The van der Waals surface area contributed by atoms with Gasteiger partial charge in [0.05, 0.1) is 0 Å². The van der Waals surface area contributed by atoms with Crippen LogP contribution in [0.2, 0.25) is 0 Å². The summed E-state index contributed by atoms with van der Waals surface area (Å²) in [6.45, 7) is 3.45. The number of hydrogen-bond acceptors (Lipinski definition) is 4. The first kappa shape index (κ1) is 19.3. The predicted molar refractivity (Wildman–Crippen MR) is 111 cm³/mol. The third-order valence-corrected chi connectivity index (χ3v) is 5.26. The van der Waals surface area contributed by atoms with Gasteiger partial charge in [0.15, 0.2) is 17.4 Å². The molecule has 0 aliphatic heterocycles. The topological polar surface area (TPSA) is 66.6 Å². The molecule has 2 N–H and O–H groups in total. The lowest BCUT2D eigenvalue weighted by atomic mass is 10.2. The van der Waals surface area contributed by atoms with E-state index in [0.717, 1.165) is 29.2 Å². The van der Waals surface area contributed by atoms with Crippen LogP contribution in [-0.2, 0) is 6.54 Å². The molecule has 1 saturated carbocycles. The minimum absolute atomic E-state index is 0. The molecular formula is C16H25IN6S. The van der Waals surface area contributed by atoms with Crippen LogP contribution in [0.15, 0.2) is 29.4 Å². The normalized spacial score (nSPS) is 20.8. The van der Waals surface area contributed by atoms with Crippen molar-refractivity contribution in [2.45, 2.75) is 44.0 Å². The molecule has 0 saturated heterocycles. The minimum Gasteiger partial charge on any atom is -0.357 e. The summed E-state index contributed by atoms with van der Waals surface area (Å²) in [4.78, 5) is 4.68. The van der Waals surface area contributed by atoms with Crippen molar-refractivity contribution in [1.29, 1.82) is 0 Å². The van der Waals surface area contributed by atoms with Gasteiger partial charge >= 0.3 is 0 Å². The number of nitrogens with one attached hydrogen (secondary N) is 2. The van der Waals surface area contributed by atoms with Gasteiger partial charge in [0, 0.05) is 24.0 Å². The summed E-state index contributed by atoms with van der Waals surface area (Å²) in [6, 6.07) is 6.41. The summed E-state index contributed by atoms with van der Waals surface area (Å²) in [5.41, 5.74) is 0.856. The molecule has 0 radical (unpaired) electrons. The van der Waals surface area contributed by atoms with Crippen LogP contribution in [0, 0.1) is 0 Å². The molecule has 2 aromatic rings. The number of aliphatic imine (C=N–C) groups is 1. The van der Waals surface area contributed by atoms with E-state index in [1.165, 1.54) is 19.3 Å². The van der Waals surface area contributed by atoms with Crippen molar-refractivity contribution in [2.75, 3.05) is 12.8 Å². The van der Waals surface area contributed by atoms with Gasteiger partial charge in [-0.1, -0.05) is 6.07 Å². The van der Waals surface area contributed by atoms with Crippen LogP contribution in [0.1, 0.15) is 32.0 Å². The van der Waals surface area contributed by atoms with Crippen LogP contribution >= 0.6 is 35.7 Å². The summed E-state index contributed by atoms with van der Waals surface area (Å²) in [6.07, 6.45) is 7.87. The second-order valence-corrected chi connectivity index (χ2v) is 6.89. The van der Waals surface area contributed by atoms with Crippen molar-refractivity contribution in [1.82, 2.24) is 25.2 Å². The van der Waals surface area contributed by atoms with Crippen LogP contribution < -0.4 is 10.6 Å². The highest BCUT2D eigenvalue weighted by Gasteiger charge is 2.24. The van der Waals surface area contributed by atoms with Crippen LogP contribution in [0.5, 0.6) is 0 Å². The Morgan fingerprint density at radius 2 is 2.25 bits per heavy atom. The Morgan fingerprint density at radius 1 is 1.38 bits per heavy atom. The maximum Gasteiger partial charge on any atom is 0.191 e. The Labute approximate surface area is 164 Å². The molecule has 0 bridgehead atoms. The number of aromatic nitrogens is 3. The third-order valence-electron chi connectivity index (χ3n) is 4.17. The molecule has 24 heavy (non-hydrogen) atoms. The van der Waals surface area contributed by atoms with Crippen molar-refractivity contribution >= 4 is 47.3 Å². The number of rotatable bonds is 5. The maximum absolute atomic E-state index is 4.68. The van der Waals surface area contributed by atoms with Crippen LogP contribution in [0.25, 0.3) is 5.65 Å². The van der Waals surface area contributed by atoms with Crippen molar-refractivity contribution < 1.29 is 0 Å². The first-order chi connectivity index (χ1) is 11.3. The van der Waals surface area contributed by atoms with Crippen molar-refractivity contribution in [3.8, 4) is 0 Å². The molecule has 1 fully saturated rings. The first-order valence-electron chi connectivity index (χ1n) is 8.16. The van der Waals surface area contributed by atoms with Gasteiger partial charge in [0.25, 0.3) is 0 Å². The Hall–Kier alpha value is -1.03. The Kier molecular flexibility index (Phi) is 7.60. The van der Waals surface area contributed by atoms with Crippen LogP contribution in [-0.4, -0.2) is 44.6 Å². The highest BCUT2D eigenvalue weighted by atomic mass is 127. The molecule has 132 valence electrons. The number of halogens is 1. The maximum atomic E-state index is 4.68. The quantitative estimate of drug-likeness (QED) is 0.408. The summed E-state index contributed by atoms with van der Waals surface area (Å²) < 4.78 is 1.98. The second-order valence-electron chi connectivity index (χ2n) is 5.75. The average molecular weight is 460 g/mol. The first-order valence-corrected chi connectivity index (χ1v) is 9.45. The van der Waals surface area contributed by atoms with Gasteiger partial charge in [-0.2, -0.15) is 11.8 Å². The molecule has 0 spiro atoms. The van der Waals surface area contributed by atoms with Gasteiger partial charge in [-0.05, 0) is 44.6 Å². The molecule has 2 aromatic heterocycles. The number of pyridine rings is 1. The Bertz CT molecular complexity index is 673. The van der Waals surface area contributed by atoms with Crippen molar-refractivity contribution in [3.05, 3.63) is 30.2 Å². The zero-order valence-electron chi connectivity index (χ0n) is 14.1. The average Bonchev–Trinajstić information content (AvgIpc) is 3.19. The third kappa shape index (κ3) is 4.75. The molecule has 3 rings (SSSR count). The number of nitrogens with zero attached hydrogens (tertiary/aromatic N) is 4. The molecular weight excluding hydrogens is 435 g/mol. The number of guanidine groups is 1. The van der Waals surface area contributed by atoms with E-state index in [4.69, 9.17) is 0 Å². The SMILES string of the molecule is CCNC(=NCc1nnc2ccccn12)NC1CCC(SC)C1.I. The molecule has 2 atom stereocenters. The largest absolute Gasteiger partial charge is 0.357 e. The highest BCUT2D eigenvalue weighted by molar-refractivity contribution is 14.0. The zero-order chi connectivity index (χ0) is 16.1. The molecule has 0 aromatic carbocycles. The second kappa shape index (κ2) is 9.45. The van der Waals surface area contributed by atoms with Gasteiger partial charge in [-0.15, -0.1) is 34.2 Å². The zero-order valence-corrected chi connectivity index (χ0v) is 17.3. The standard InChI is InChI=1S/C16H24N6S.HI/c1-3-17-16(19-12-7-8-13(10-12)23-2)18-11-15-21-20-14-6-4-5-9-22(14)15;/h4-6,9,12-13H,3,7-8,10-11H2,1-2H3,(H2,17,18,19);1H. The summed E-state index contributed by atoms with van der Waals surface area (Å²) in [5, 5.41) is 16.1. The van der Waals surface area contributed by atoms with Gasteiger partial charge < -0.3 is 10.6 Å². The molecule has 6 nitrogen and oxygen atoms in total. The summed E-state index contributed by atoms with van der Waals surface area (Å²) >= 11 is 1.97. The molecule has 0 amide bonds. The van der Waals surface area contributed by atoms with E-state index in [-0.39, 0.29) is 24.0 Å². The van der Waals surface area contributed by atoms with Crippen molar-refractivity contribution in [2.24, 2.45) is 4.99 Å². The summed E-state index contributed by atoms with van der Waals surface area (Å²) in [7, 11) is 0. The molecule has 2 unspecified atom stereocenters. The smallest absolute Gasteiger partial charge is 0.191 e. The van der Waals surface area contributed by atoms with E-state index in [1.54, 1.807) is 0 Å². The molecule has 8 heteroatoms. The fraction of sp³-hybridized carbons (Fsp3) is 0.562. The lowest BCUT2D eigenvalue weighted by Crippen LogP contribution is -2.42. The van der Waals surface area contributed by atoms with Gasteiger partial charge in [0.1, 0.15) is 6.54 Å². The lowest BCUT2D eigenvalue weighted by Gasteiger charge is -2.17. The number of hydrogen-bond donors (Lipinski definition) is 2. The van der Waals surface area contributed by atoms with Gasteiger partial charge in [-0.3, -0.25) is 4.40 Å². The molecule has 1 aliphatic rings. The molecule has 2 heterocycles. The van der Waals surface area contributed by atoms with Crippen LogP contribution in [0.4, 0.5) is 0 Å². The van der Waals surface area contributed by atoms with Crippen LogP contribution in [0.3, 0.4) is 0 Å². The Morgan fingerprint density at radius 3 is 3.00 bits per heavy atom. The number of fused-ring (bicyclic) bond motifs is 1. The fourth-order valence-electron chi connectivity index (χ4n) is 2.95. The van der Waals surface area contributed by atoms with E-state index >= 15 is 0 Å². The van der Waals surface area contributed by atoms with E-state index in [1.807, 2.05) is 40.6 Å². The highest BCUT2D eigenvalue weighted by Crippen LogP contribution is 2.28. The monoisotopic (exact) mass is 460 g/mol. The van der Waals surface area contributed by atoms with E-state index in [2.05, 4.69) is 39.0 Å².